The van der Waals surface area contributed by atoms with Gasteiger partial charge in [0.1, 0.15) is 6.10 Å². The molecule has 0 aromatic rings. The van der Waals surface area contributed by atoms with Crippen LogP contribution in [-0.2, 0) is 14.3 Å². The minimum absolute atomic E-state index is 0.0564. The van der Waals surface area contributed by atoms with Gasteiger partial charge < -0.3 is 20.3 Å². The molecule has 0 bridgehead atoms. The highest BCUT2D eigenvalue weighted by Gasteiger charge is 2.24. The number of unbranched alkanes of at least 4 members (excludes halogenated alkanes) is 20. The van der Waals surface area contributed by atoms with Crippen LogP contribution >= 0.6 is 0 Å². The normalized spacial score (nSPS) is 13.8. The zero-order valence-electron chi connectivity index (χ0n) is 35.6. The highest BCUT2D eigenvalue weighted by molar-refractivity contribution is 5.77. The number of amides is 1. The average Bonchev–Trinajstić information content (AvgIpc) is 3.16. The molecule has 0 aliphatic heterocycles. The number of hydrogen-bond acceptors (Lipinski definition) is 5. The van der Waals surface area contributed by atoms with Crippen LogP contribution in [0.1, 0.15) is 220 Å². The molecule has 3 unspecified atom stereocenters. The van der Waals surface area contributed by atoms with Gasteiger partial charge in [0.05, 0.1) is 25.2 Å². The first kappa shape index (κ1) is 51.8. The third-order valence-electron chi connectivity index (χ3n) is 10.1. The molecule has 3 N–H and O–H groups in total. The first-order chi connectivity index (χ1) is 26.5. The van der Waals surface area contributed by atoms with Crippen LogP contribution < -0.4 is 5.32 Å². The van der Waals surface area contributed by atoms with Crippen molar-refractivity contribution in [3.63, 3.8) is 0 Å². The highest BCUT2D eigenvalue weighted by Crippen LogP contribution is 2.17. The molecule has 314 valence electrons. The van der Waals surface area contributed by atoms with Gasteiger partial charge in [0, 0.05) is 6.42 Å². The second-order valence-corrected chi connectivity index (χ2v) is 15.4. The fraction of sp³-hybridized carbons (Fsp3) is 0.792. The molecule has 0 rings (SSSR count). The molecule has 0 saturated heterocycles. The molecule has 0 aliphatic rings. The fourth-order valence-corrected chi connectivity index (χ4v) is 6.61. The van der Waals surface area contributed by atoms with Gasteiger partial charge in [-0.05, 0) is 83.5 Å². The summed E-state index contributed by atoms with van der Waals surface area (Å²) in [6.45, 7) is 6.35. The summed E-state index contributed by atoms with van der Waals surface area (Å²) in [6.07, 6.45) is 48.9. The summed E-state index contributed by atoms with van der Waals surface area (Å²) in [5.41, 5.74) is 0. The molecule has 3 atom stereocenters. The van der Waals surface area contributed by atoms with Crippen LogP contribution in [0.4, 0.5) is 0 Å². The van der Waals surface area contributed by atoms with Crippen LogP contribution in [0.15, 0.2) is 48.6 Å². The summed E-state index contributed by atoms with van der Waals surface area (Å²) in [5, 5.41) is 23.5. The topological polar surface area (TPSA) is 95.9 Å². The number of carbonyl (C=O) groups is 2. The minimum atomic E-state index is -0.792. The highest BCUT2D eigenvalue weighted by atomic mass is 16.5. The predicted octanol–water partition coefficient (Wildman–Crippen LogP) is 13.1. The maximum atomic E-state index is 13.1. The Morgan fingerprint density at radius 3 is 1.57 bits per heavy atom. The Hall–Kier alpha value is -2.18. The largest absolute Gasteiger partial charge is 0.462 e. The number of aliphatic hydroxyl groups excluding tert-OH is 2. The quantitative estimate of drug-likeness (QED) is 0.0329. The van der Waals surface area contributed by atoms with Crippen molar-refractivity contribution in [3.05, 3.63) is 48.6 Å². The van der Waals surface area contributed by atoms with E-state index in [-0.39, 0.29) is 24.9 Å². The Bertz CT molecular complexity index is 941. The van der Waals surface area contributed by atoms with Gasteiger partial charge in [-0.3, -0.25) is 9.59 Å². The molecule has 0 aromatic carbocycles. The van der Waals surface area contributed by atoms with Gasteiger partial charge in [0.2, 0.25) is 5.91 Å². The van der Waals surface area contributed by atoms with Gasteiger partial charge in [-0.1, -0.05) is 172 Å². The lowest BCUT2D eigenvalue weighted by atomic mass is 10.0. The van der Waals surface area contributed by atoms with E-state index in [0.29, 0.717) is 19.3 Å². The van der Waals surface area contributed by atoms with E-state index in [4.69, 9.17) is 4.74 Å². The van der Waals surface area contributed by atoms with Crippen LogP contribution in [0.3, 0.4) is 0 Å². The number of allylic oxidation sites excluding steroid dienone is 8. The standard InChI is InChI=1S/C48H87NO5/c1-4-7-10-13-16-19-21-22-23-24-25-26-27-29-32-35-38-41-48(53)54-44(39-36-33-30-18-15-12-9-6-3)42-47(52)49-45(43-50)46(51)40-37-34-31-28-20-17-14-11-8-5-2/h12,15-16,19,22-23,25-26,44-46,50-51H,4-11,13-14,17-18,20-21,24,27-43H2,1-3H3,(H,49,52)/b15-12-,19-16-,23-22-,26-25-. The molecule has 1 amide bonds. The van der Waals surface area contributed by atoms with Crippen molar-refractivity contribution in [3.8, 4) is 0 Å². The van der Waals surface area contributed by atoms with Crippen molar-refractivity contribution in [1.29, 1.82) is 0 Å². The number of esters is 1. The van der Waals surface area contributed by atoms with Crippen LogP contribution in [0.25, 0.3) is 0 Å². The Morgan fingerprint density at radius 2 is 0.981 bits per heavy atom. The number of aliphatic hydroxyl groups is 2. The summed E-state index contributed by atoms with van der Waals surface area (Å²) >= 11 is 0. The summed E-state index contributed by atoms with van der Waals surface area (Å²) < 4.78 is 5.86. The van der Waals surface area contributed by atoms with E-state index in [1.54, 1.807) is 0 Å². The fourth-order valence-electron chi connectivity index (χ4n) is 6.61. The van der Waals surface area contributed by atoms with Gasteiger partial charge in [-0.25, -0.2) is 0 Å². The molecule has 0 spiro atoms. The van der Waals surface area contributed by atoms with Gasteiger partial charge in [0.25, 0.3) is 0 Å². The number of hydrogen-bond donors (Lipinski definition) is 3. The Balaban J connectivity index is 4.52. The lowest BCUT2D eigenvalue weighted by Gasteiger charge is -2.24. The summed E-state index contributed by atoms with van der Waals surface area (Å²) in [7, 11) is 0. The van der Waals surface area contributed by atoms with Crippen molar-refractivity contribution in [2.45, 2.75) is 238 Å². The lowest BCUT2D eigenvalue weighted by molar-refractivity contribution is -0.151. The SMILES string of the molecule is CCC/C=C\CCCCCC(CC(=O)NC(CO)C(O)CCCCCCCCCCCC)OC(=O)CCCCCC/C=C\C/C=C\C/C=C\CCCCC. The van der Waals surface area contributed by atoms with E-state index in [9.17, 15) is 19.8 Å². The van der Waals surface area contributed by atoms with E-state index < -0.39 is 18.2 Å². The van der Waals surface area contributed by atoms with E-state index in [1.807, 2.05) is 0 Å². The number of carbonyl (C=O) groups excluding carboxylic acids is 2. The molecular formula is C48H87NO5. The first-order valence-corrected chi connectivity index (χ1v) is 22.9. The van der Waals surface area contributed by atoms with Gasteiger partial charge in [0.15, 0.2) is 0 Å². The maximum absolute atomic E-state index is 13.1. The molecule has 54 heavy (non-hydrogen) atoms. The van der Waals surface area contributed by atoms with E-state index >= 15 is 0 Å². The molecule has 6 heteroatoms. The molecule has 0 saturated carbocycles. The summed E-state index contributed by atoms with van der Waals surface area (Å²) in [5.74, 6) is -0.521. The molecule has 6 nitrogen and oxygen atoms in total. The minimum Gasteiger partial charge on any atom is -0.462 e. The zero-order valence-corrected chi connectivity index (χ0v) is 35.6. The number of rotatable bonds is 40. The molecule has 0 aliphatic carbocycles. The molecular weight excluding hydrogens is 671 g/mol. The summed E-state index contributed by atoms with van der Waals surface area (Å²) in [4.78, 5) is 25.9. The Morgan fingerprint density at radius 1 is 0.537 bits per heavy atom. The third-order valence-corrected chi connectivity index (χ3v) is 10.1. The van der Waals surface area contributed by atoms with Crippen LogP contribution in [0.2, 0.25) is 0 Å². The predicted molar refractivity (Wildman–Crippen MR) is 232 cm³/mol. The van der Waals surface area contributed by atoms with E-state index in [0.717, 1.165) is 103 Å². The van der Waals surface area contributed by atoms with Gasteiger partial charge >= 0.3 is 5.97 Å². The van der Waals surface area contributed by atoms with Gasteiger partial charge in [-0.2, -0.15) is 0 Å². The third kappa shape index (κ3) is 36.8. The first-order valence-electron chi connectivity index (χ1n) is 22.9. The van der Waals surface area contributed by atoms with E-state index in [2.05, 4.69) is 74.7 Å². The van der Waals surface area contributed by atoms with Crippen molar-refractivity contribution in [1.82, 2.24) is 5.32 Å². The second kappa shape index (κ2) is 42.0. The Labute approximate surface area is 334 Å². The number of nitrogens with one attached hydrogen (secondary N) is 1. The van der Waals surface area contributed by atoms with Crippen molar-refractivity contribution in [2.24, 2.45) is 0 Å². The Kier molecular flexibility index (Phi) is 40.3. The van der Waals surface area contributed by atoms with E-state index in [1.165, 1.54) is 70.6 Å². The van der Waals surface area contributed by atoms with Crippen molar-refractivity contribution >= 4 is 11.9 Å². The molecule has 0 radical (unpaired) electrons. The second-order valence-electron chi connectivity index (χ2n) is 15.4. The monoisotopic (exact) mass is 758 g/mol. The lowest BCUT2D eigenvalue weighted by Crippen LogP contribution is -2.46. The van der Waals surface area contributed by atoms with Crippen molar-refractivity contribution in [2.75, 3.05) is 6.61 Å². The zero-order chi connectivity index (χ0) is 39.6. The smallest absolute Gasteiger partial charge is 0.306 e. The number of ether oxygens (including phenoxy) is 1. The molecule has 0 fully saturated rings. The van der Waals surface area contributed by atoms with Crippen LogP contribution in [0.5, 0.6) is 0 Å². The maximum Gasteiger partial charge on any atom is 0.306 e. The van der Waals surface area contributed by atoms with Crippen molar-refractivity contribution < 1.29 is 24.5 Å². The van der Waals surface area contributed by atoms with Crippen LogP contribution in [-0.4, -0.2) is 46.9 Å². The molecule has 0 heterocycles. The molecule has 0 aromatic heterocycles. The average molecular weight is 758 g/mol. The summed E-state index contributed by atoms with van der Waals surface area (Å²) in [6, 6.07) is -0.707. The van der Waals surface area contributed by atoms with Crippen LogP contribution in [0, 0.1) is 0 Å². The van der Waals surface area contributed by atoms with Gasteiger partial charge in [-0.15, -0.1) is 0 Å².